The van der Waals surface area contributed by atoms with Gasteiger partial charge in [-0.25, -0.2) is 0 Å². The number of nitrogens with zero attached hydrogens (tertiary/aromatic N) is 2. The summed E-state index contributed by atoms with van der Waals surface area (Å²) >= 11 is 0. The van der Waals surface area contributed by atoms with Crippen molar-refractivity contribution >= 4 is 17.3 Å². The van der Waals surface area contributed by atoms with Gasteiger partial charge in [0.05, 0.1) is 6.54 Å². The van der Waals surface area contributed by atoms with Gasteiger partial charge in [-0.1, -0.05) is 0 Å². The van der Waals surface area contributed by atoms with Gasteiger partial charge in [0.15, 0.2) is 5.96 Å². The van der Waals surface area contributed by atoms with Crippen LogP contribution < -0.4 is 15.5 Å². The number of guanidine groups is 1. The molecule has 16 heavy (non-hydrogen) atoms. The molecule has 0 atom stereocenters. The van der Waals surface area contributed by atoms with Crippen LogP contribution in [0.5, 0.6) is 0 Å². The molecule has 0 fully saturated rings. The summed E-state index contributed by atoms with van der Waals surface area (Å²) in [5.41, 5.74) is 2.30. The van der Waals surface area contributed by atoms with Crippen LogP contribution in [-0.2, 0) is 0 Å². The maximum absolute atomic E-state index is 4.29. The molecule has 0 amide bonds. The van der Waals surface area contributed by atoms with Crippen LogP contribution in [0.1, 0.15) is 6.92 Å². The van der Waals surface area contributed by atoms with Gasteiger partial charge in [0, 0.05) is 31.5 Å². The standard InChI is InChI=1S/C12H18N4/c1-3-16(2)11-6-4-10(5-7-11)15-12-13-8-9-14-12/h4-7H,3,8-9H2,1-2H3,(H2,13,14,15). The van der Waals surface area contributed by atoms with Crippen LogP contribution >= 0.6 is 0 Å². The molecule has 0 saturated heterocycles. The van der Waals surface area contributed by atoms with E-state index in [9.17, 15) is 0 Å². The smallest absolute Gasteiger partial charge is 0.195 e. The van der Waals surface area contributed by atoms with Gasteiger partial charge in [0.1, 0.15) is 0 Å². The average Bonchev–Trinajstić information content (AvgIpc) is 2.82. The van der Waals surface area contributed by atoms with Gasteiger partial charge < -0.3 is 15.5 Å². The van der Waals surface area contributed by atoms with Crippen LogP contribution in [0.15, 0.2) is 29.3 Å². The highest BCUT2D eigenvalue weighted by molar-refractivity contribution is 5.94. The van der Waals surface area contributed by atoms with Crippen LogP contribution in [0.4, 0.5) is 11.4 Å². The van der Waals surface area contributed by atoms with Gasteiger partial charge in [-0.2, -0.15) is 0 Å². The summed E-state index contributed by atoms with van der Waals surface area (Å²) in [7, 11) is 2.09. The summed E-state index contributed by atoms with van der Waals surface area (Å²) in [5, 5.41) is 6.43. The second-order valence-electron chi connectivity index (χ2n) is 3.84. The van der Waals surface area contributed by atoms with E-state index in [1.165, 1.54) is 5.69 Å². The largest absolute Gasteiger partial charge is 0.375 e. The fourth-order valence-electron chi connectivity index (χ4n) is 1.60. The molecule has 86 valence electrons. The number of aliphatic imine (C=N–C) groups is 1. The van der Waals surface area contributed by atoms with Gasteiger partial charge in [0.25, 0.3) is 0 Å². The summed E-state index contributed by atoms with van der Waals surface area (Å²) in [6, 6.07) is 8.37. The quantitative estimate of drug-likeness (QED) is 0.808. The van der Waals surface area contributed by atoms with Crippen LogP contribution in [0.3, 0.4) is 0 Å². The lowest BCUT2D eigenvalue weighted by Gasteiger charge is -2.17. The zero-order valence-corrected chi connectivity index (χ0v) is 9.83. The Morgan fingerprint density at radius 1 is 1.38 bits per heavy atom. The van der Waals surface area contributed by atoms with Crippen molar-refractivity contribution in [2.45, 2.75) is 6.92 Å². The fourth-order valence-corrected chi connectivity index (χ4v) is 1.60. The third kappa shape index (κ3) is 2.45. The highest BCUT2D eigenvalue weighted by Gasteiger charge is 2.04. The molecule has 1 aromatic rings. The van der Waals surface area contributed by atoms with Crippen LogP contribution in [-0.4, -0.2) is 32.6 Å². The molecular formula is C12H18N4. The number of anilines is 2. The molecule has 0 aromatic heterocycles. The minimum atomic E-state index is 0.860. The summed E-state index contributed by atoms with van der Waals surface area (Å²) < 4.78 is 0. The molecule has 0 saturated carbocycles. The molecule has 0 spiro atoms. The third-order valence-corrected chi connectivity index (χ3v) is 2.72. The molecule has 1 aliphatic heterocycles. The van der Waals surface area contributed by atoms with E-state index in [1.807, 2.05) is 0 Å². The van der Waals surface area contributed by atoms with Crippen molar-refractivity contribution in [3.63, 3.8) is 0 Å². The lowest BCUT2D eigenvalue weighted by molar-refractivity contribution is 0.959. The van der Waals surface area contributed by atoms with Crippen molar-refractivity contribution in [1.82, 2.24) is 5.32 Å². The van der Waals surface area contributed by atoms with Crippen LogP contribution in [0.25, 0.3) is 0 Å². The second kappa shape index (κ2) is 4.88. The molecule has 4 nitrogen and oxygen atoms in total. The molecule has 4 heteroatoms. The van der Waals surface area contributed by atoms with E-state index < -0.39 is 0 Å². The van der Waals surface area contributed by atoms with E-state index >= 15 is 0 Å². The van der Waals surface area contributed by atoms with Crippen molar-refractivity contribution in [2.24, 2.45) is 4.99 Å². The maximum Gasteiger partial charge on any atom is 0.195 e. The predicted octanol–water partition coefficient (Wildman–Crippen LogP) is 1.51. The molecule has 1 aliphatic rings. The Morgan fingerprint density at radius 3 is 2.69 bits per heavy atom. The van der Waals surface area contributed by atoms with Crippen molar-refractivity contribution in [3.05, 3.63) is 24.3 Å². The zero-order valence-electron chi connectivity index (χ0n) is 9.83. The summed E-state index contributed by atoms with van der Waals surface area (Å²) in [6.07, 6.45) is 0. The number of hydrogen-bond donors (Lipinski definition) is 2. The van der Waals surface area contributed by atoms with Gasteiger partial charge in [-0.3, -0.25) is 4.99 Å². The van der Waals surface area contributed by atoms with E-state index in [0.717, 1.165) is 31.3 Å². The first kappa shape index (κ1) is 10.8. The molecule has 0 unspecified atom stereocenters. The van der Waals surface area contributed by atoms with E-state index in [0.29, 0.717) is 0 Å². The van der Waals surface area contributed by atoms with Gasteiger partial charge >= 0.3 is 0 Å². The monoisotopic (exact) mass is 218 g/mol. The van der Waals surface area contributed by atoms with Gasteiger partial charge in [0.2, 0.25) is 0 Å². The predicted molar refractivity (Wildman–Crippen MR) is 69.3 cm³/mol. The molecule has 2 rings (SSSR count). The SMILES string of the molecule is CCN(C)c1ccc(NC2=NCCN2)cc1. The first-order valence-electron chi connectivity index (χ1n) is 5.66. The topological polar surface area (TPSA) is 39.7 Å². The number of benzene rings is 1. The number of nitrogens with one attached hydrogen (secondary N) is 2. The summed E-state index contributed by atoms with van der Waals surface area (Å²) in [6.45, 7) is 4.95. The van der Waals surface area contributed by atoms with E-state index in [4.69, 9.17) is 0 Å². The highest BCUT2D eigenvalue weighted by atomic mass is 15.2. The minimum Gasteiger partial charge on any atom is -0.375 e. The Morgan fingerprint density at radius 2 is 2.12 bits per heavy atom. The molecule has 2 N–H and O–H groups in total. The van der Waals surface area contributed by atoms with Crippen molar-refractivity contribution in [1.29, 1.82) is 0 Å². The molecule has 1 aromatic carbocycles. The van der Waals surface area contributed by atoms with E-state index in [1.54, 1.807) is 0 Å². The molecule has 0 aliphatic carbocycles. The highest BCUT2D eigenvalue weighted by Crippen LogP contribution is 2.16. The van der Waals surface area contributed by atoms with Crippen molar-refractivity contribution in [2.75, 3.05) is 36.9 Å². The van der Waals surface area contributed by atoms with Gasteiger partial charge in [-0.15, -0.1) is 0 Å². The molecule has 1 heterocycles. The first-order valence-corrected chi connectivity index (χ1v) is 5.66. The van der Waals surface area contributed by atoms with Gasteiger partial charge in [-0.05, 0) is 31.2 Å². The second-order valence-corrected chi connectivity index (χ2v) is 3.84. The molecule has 0 bridgehead atoms. The Kier molecular flexibility index (Phi) is 3.29. The Balaban J connectivity index is 2.01. The Hall–Kier alpha value is -1.71. The zero-order chi connectivity index (χ0) is 11.4. The Labute approximate surface area is 96.4 Å². The number of hydrogen-bond acceptors (Lipinski definition) is 4. The third-order valence-electron chi connectivity index (χ3n) is 2.72. The molecular weight excluding hydrogens is 200 g/mol. The van der Waals surface area contributed by atoms with Crippen molar-refractivity contribution in [3.8, 4) is 0 Å². The average molecular weight is 218 g/mol. The lowest BCUT2D eigenvalue weighted by atomic mass is 10.2. The first-order chi connectivity index (χ1) is 7.79. The minimum absolute atomic E-state index is 0.860. The van der Waals surface area contributed by atoms with Crippen LogP contribution in [0, 0.1) is 0 Å². The molecule has 0 radical (unpaired) electrons. The van der Waals surface area contributed by atoms with Crippen LogP contribution in [0.2, 0.25) is 0 Å². The number of rotatable bonds is 3. The Bertz CT molecular complexity index is 369. The summed E-state index contributed by atoms with van der Waals surface area (Å²) in [4.78, 5) is 6.49. The fraction of sp³-hybridized carbons (Fsp3) is 0.417. The maximum atomic E-state index is 4.29. The van der Waals surface area contributed by atoms with E-state index in [-0.39, 0.29) is 0 Å². The van der Waals surface area contributed by atoms with Crippen molar-refractivity contribution < 1.29 is 0 Å². The normalized spacial score (nSPS) is 14.2. The van der Waals surface area contributed by atoms with E-state index in [2.05, 4.69) is 58.8 Å². The summed E-state index contributed by atoms with van der Waals surface area (Å²) in [5.74, 6) is 0.872. The lowest BCUT2D eigenvalue weighted by Crippen LogP contribution is -2.26.